The topological polar surface area (TPSA) is 12.0 Å². The first-order chi connectivity index (χ1) is 7.65. The van der Waals surface area contributed by atoms with Crippen molar-refractivity contribution in [2.45, 2.75) is 32.6 Å². The average Bonchev–Trinajstić information content (AvgIpc) is 2.25. The second-order valence-electron chi connectivity index (χ2n) is 4.75. The Morgan fingerprint density at radius 3 is 2.44 bits per heavy atom. The van der Waals surface area contributed by atoms with Gasteiger partial charge >= 0.3 is 0 Å². The van der Waals surface area contributed by atoms with Crippen molar-refractivity contribution in [3.05, 3.63) is 35.6 Å². The molecular weight excluding hydrogens is 201 g/mol. The molecule has 0 spiro atoms. The summed E-state index contributed by atoms with van der Waals surface area (Å²) >= 11 is 0. The van der Waals surface area contributed by atoms with E-state index in [1.165, 1.54) is 0 Å². The quantitative estimate of drug-likeness (QED) is 0.777. The lowest BCUT2D eigenvalue weighted by Crippen LogP contribution is -2.18. The van der Waals surface area contributed by atoms with Crippen molar-refractivity contribution in [3.8, 4) is 0 Å². The van der Waals surface area contributed by atoms with Gasteiger partial charge in [-0.25, -0.2) is 4.39 Å². The highest BCUT2D eigenvalue weighted by molar-refractivity contribution is 5.22. The maximum Gasteiger partial charge on any atom is 0.126 e. The number of rotatable bonds is 6. The molecule has 1 nitrogen and oxygen atoms in total. The van der Waals surface area contributed by atoms with Crippen LogP contribution in [0.4, 0.5) is 4.39 Å². The van der Waals surface area contributed by atoms with Gasteiger partial charge in [0.15, 0.2) is 0 Å². The van der Waals surface area contributed by atoms with Crippen molar-refractivity contribution in [3.63, 3.8) is 0 Å². The Balaban J connectivity index is 2.73. The summed E-state index contributed by atoms with van der Waals surface area (Å²) in [5.74, 6) is 0.881. The summed E-state index contributed by atoms with van der Waals surface area (Å²) in [4.78, 5) is 0. The molecule has 0 fully saturated rings. The van der Waals surface area contributed by atoms with Crippen LogP contribution in [0.3, 0.4) is 0 Å². The molecule has 0 aromatic heterocycles. The fourth-order valence-corrected chi connectivity index (χ4v) is 1.95. The third-order valence-corrected chi connectivity index (χ3v) is 2.89. The molecule has 0 aliphatic carbocycles. The summed E-state index contributed by atoms with van der Waals surface area (Å²) in [6.45, 7) is 5.25. The summed E-state index contributed by atoms with van der Waals surface area (Å²) in [5, 5.41) is 3.15. The summed E-state index contributed by atoms with van der Waals surface area (Å²) in [5.41, 5.74) is 0.845. The highest BCUT2D eigenvalue weighted by atomic mass is 19.1. The zero-order valence-corrected chi connectivity index (χ0v) is 10.5. The van der Waals surface area contributed by atoms with Crippen LogP contribution in [0, 0.1) is 11.7 Å². The van der Waals surface area contributed by atoms with Crippen LogP contribution < -0.4 is 5.32 Å². The van der Waals surface area contributed by atoms with E-state index in [4.69, 9.17) is 0 Å². The zero-order valence-electron chi connectivity index (χ0n) is 10.5. The fourth-order valence-electron chi connectivity index (χ4n) is 1.95. The van der Waals surface area contributed by atoms with Gasteiger partial charge in [0.25, 0.3) is 0 Å². The van der Waals surface area contributed by atoms with Crippen LogP contribution in [0.15, 0.2) is 24.3 Å². The monoisotopic (exact) mass is 223 g/mol. The third kappa shape index (κ3) is 3.93. The van der Waals surface area contributed by atoms with E-state index in [1.807, 2.05) is 19.2 Å². The van der Waals surface area contributed by atoms with Crippen LogP contribution in [0.2, 0.25) is 0 Å². The number of halogens is 1. The van der Waals surface area contributed by atoms with Gasteiger partial charge in [0.05, 0.1) is 0 Å². The maximum absolute atomic E-state index is 13.7. The molecule has 0 radical (unpaired) electrons. The lowest BCUT2D eigenvalue weighted by molar-refractivity contribution is 0.472. The minimum Gasteiger partial charge on any atom is -0.319 e. The third-order valence-electron chi connectivity index (χ3n) is 2.89. The standard InChI is InChI=1S/C14H22FN/c1-11(2)8-9-12(10-16-3)13-6-4-5-7-14(13)15/h4-7,11-12,16H,8-10H2,1-3H3. The van der Waals surface area contributed by atoms with Crippen LogP contribution >= 0.6 is 0 Å². The molecule has 1 unspecified atom stereocenters. The van der Waals surface area contributed by atoms with Crippen LogP contribution in [0.25, 0.3) is 0 Å². The second kappa shape index (κ2) is 6.64. The molecule has 0 amide bonds. The molecular formula is C14H22FN. The largest absolute Gasteiger partial charge is 0.319 e. The number of likely N-dealkylation sites (N-methyl/N-ethyl adjacent to an activating group) is 1. The van der Waals surface area contributed by atoms with Gasteiger partial charge in [-0.2, -0.15) is 0 Å². The molecule has 0 aliphatic heterocycles. The first-order valence-corrected chi connectivity index (χ1v) is 6.04. The minimum absolute atomic E-state index is 0.0773. The number of hydrogen-bond donors (Lipinski definition) is 1. The molecule has 90 valence electrons. The van der Waals surface area contributed by atoms with E-state index >= 15 is 0 Å². The molecule has 1 rings (SSSR count). The summed E-state index contributed by atoms with van der Waals surface area (Å²) in [6, 6.07) is 7.11. The van der Waals surface area contributed by atoms with E-state index < -0.39 is 0 Å². The predicted octanol–water partition coefficient (Wildman–Crippen LogP) is 3.56. The van der Waals surface area contributed by atoms with Crippen molar-refractivity contribution in [1.29, 1.82) is 0 Å². The highest BCUT2D eigenvalue weighted by Gasteiger charge is 2.14. The van der Waals surface area contributed by atoms with Gasteiger partial charge in [0, 0.05) is 6.54 Å². The van der Waals surface area contributed by atoms with Crippen LogP contribution in [0.5, 0.6) is 0 Å². The number of hydrogen-bond acceptors (Lipinski definition) is 1. The van der Waals surface area contributed by atoms with Gasteiger partial charge in [-0.1, -0.05) is 38.5 Å². The van der Waals surface area contributed by atoms with E-state index in [9.17, 15) is 4.39 Å². The minimum atomic E-state index is -0.0773. The van der Waals surface area contributed by atoms with E-state index in [0.29, 0.717) is 5.92 Å². The van der Waals surface area contributed by atoms with Gasteiger partial charge in [0.1, 0.15) is 5.82 Å². The van der Waals surface area contributed by atoms with Gasteiger partial charge in [-0.05, 0) is 36.9 Å². The molecule has 0 saturated heterocycles. The smallest absolute Gasteiger partial charge is 0.126 e. The normalized spacial score (nSPS) is 13.1. The van der Waals surface area contributed by atoms with Crippen LogP contribution in [-0.2, 0) is 0 Å². The molecule has 0 bridgehead atoms. The summed E-state index contributed by atoms with van der Waals surface area (Å²) in [7, 11) is 1.92. The summed E-state index contributed by atoms with van der Waals surface area (Å²) < 4.78 is 13.7. The zero-order chi connectivity index (χ0) is 12.0. The molecule has 1 atom stereocenters. The van der Waals surface area contributed by atoms with Crippen molar-refractivity contribution in [1.82, 2.24) is 5.32 Å². The number of benzene rings is 1. The van der Waals surface area contributed by atoms with E-state index in [0.717, 1.165) is 24.9 Å². The van der Waals surface area contributed by atoms with E-state index in [-0.39, 0.29) is 11.7 Å². The maximum atomic E-state index is 13.7. The van der Waals surface area contributed by atoms with E-state index in [1.54, 1.807) is 12.1 Å². The lowest BCUT2D eigenvalue weighted by Gasteiger charge is -2.18. The van der Waals surface area contributed by atoms with E-state index in [2.05, 4.69) is 19.2 Å². The van der Waals surface area contributed by atoms with Gasteiger partial charge < -0.3 is 5.32 Å². The van der Waals surface area contributed by atoms with Crippen LogP contribution in [-0.4, -0.2) is 13.6 Å². The first kappa shape index (κ1) is 13.2. The van der Waals surface area contributed by atoms with Gasteiger partial charge in [0.2, 0.25) is 0 Å². The Labute approximate surface area is 98.1 Å². The molecule has 1 aromatic carbocycles. The lowest BCUT2D eigenvalue weighted by atomic mass is 9.91. The molecule has 0 saturated carbocycles. The van der Waals surface area contributed by atoms with Crippen molar-refractivity contribution >= 4 is 0 Å². The first-order valence-electron chi connectivity index (χ1n) is 6.04. The second-order valence-corrected chi connectivity index (χ2v) is 4.75. The van der Waals surface area contributed by atoms with Gasteiger partial charge in [-0.3, -0.25) is 0 Å². The summed E-state index contributed by atoms with van der Waals surface area (Å²) in [6.07, 6.45) is 2.18. The van der Waals surface area contributed by atoms with Crippen molar-refractivity contribution < 1.29 is 4.39 Å². The van der Waals surface area contributed by atoms with Crippen molar-refractivity contribution in [2.75, 3.05) is 13.6 Å². The van der Waals surface area contributed by atoms with Crippen LogP contribution in [0.1, 0.15) is 38.2 Å². The Kier molecular flexibility index (Phi) is 5.47. The molecule has 1 aromatic rings. The van der Waals surface area contributed by atoms with Crippen molar-refractivity contribution in [2.24, 2.45) is 5.92 Å². The number of nitrogens with one attached hydrogen (secondary N) is 1. The Hall–Kier alpha value is -0.890. The molecule has 0 heterocycles. The molecule has 16 heavy (non-hydrogen) atoms. The highest BCUT2D eigenvalue weighted by Crippen LogP contribution is 2.24. The Bertz CT molecular complexity index is 309. The SMILES string of the molecule is CNCC(CCC(C)C)c1ccccc1F. The average molecular weight is 223 g/mol. The molecule has 1 N–H and O–H groups in total. The molecule has 0 aliphatic rings. The van der Waals surface area contributed by atoms with Gasteiger partial charge in [-0.15, -0.1) is 0 Å². The fraction of sp³-hybridized carbons (Fsp3) is 0.571. The Morgan fingerprint density at radius 2 is 1.88 bits per heavy atom. The predicted molar refractivity (Wildman–Crippen MR) is 67.1 cm³/mol. The molecule has 2 heteroatoms. The Morgan fingerprint density at radius 1 is 1.19 bits per heavy atom.